The summed E-state index contributed by atoms with van der Waals surface area (Å²) >= 11 is 0. The fourth-order valence-corrected chi connectivity index (χ4v) is 6.88. The maximum atomic E-state index is 13.1. The number of hydrogen-bond acceptors (Lipinski definition) is 12. The smallest absolute Gasteiger partial charge is 0.388 e. The second-order valence-corrected chi connectivity index (χ2v) is 12.8. The number of nitrogens with zero attached hydrogens (tertiary/aromatic N) is 3. The normalized spacial score (nSPS) is 28.3. The predicted octanol–water partition coefficient (Wildman–Crippen LogP) is 0.385. The molecule has 0 amide bonds. The van der Waals surface area contributed by atoms with Crippen molar-refractivity contribution in [2.24, 2.45) is 0 Å². The number of aryl methyl sites for hydroxylation is 1. The molecule has 2 aromatic heterocycles. The Morgan fingerprint density at radius 1 is 1.02 bits per heavy atom. The van der Waals surface area contributed by atoms with Crippen LogP contribution in [-0.4, -0.2) is 92.0 Å². The van der Waals surface area contributed by atoms with Gasteiger partial charge in [0.15, 0.2) is 17.4 Å². The van der Waals surface area contributed by atoms with E-state index in [2.05, 4.69) is 24.8 Å². The molecule has 0 unspecified atom stereocenters. The number of benzene rings is 3. The summed E-state index contributed by atoms with van der Waals surface area (Å²) < 4.78 is 22.4. The van der Waals surface area contributed by atoms with Crippen LogP contribution < -0.4 is 10.9 Å². The van der Waals surface area contributed by atoms with Crippen LogP contribution in [0.15, 0.2) is 53.6 Å². The van der Waals surface area contributed by atoms with Crippen molar-refractivity contribution in [1.29, 1.82) is 0 Å². The number of phosphoric acid groups is 1. The second kappa shape index (κ2) is 11.2. The van der Waals surface area contributed by atoms with Crippen molar-refractivity contribution in [3.63, 3.8) is 0 Å². The van der Waals surface area contributed by atoms with Gasteiger partial charge in [0.1, 0.15) is 36.6 Å². The molecule has 16 nitrogen and oxygen atoms in total. The summed E-state index contributed by atoms with van der Waals surface area (Å²) in [6.45, 7) is 1.17. The highest BCUT2D eigenvalue weighted by molar-refractivity contribution is 7.46. The zero-order chi connectivity index (χ0) is 32.7. The Balaban J connectivity index is 1.31. The molecule has 1 fully saturated rings. The van der Waals surface area contributed by atoms with Crippen molar-refractivity contribution < 1.29 is 49.1 Å². The van der Waals surface area contributed by atoms with Gasteiger partial charge in [0, 0.05) is 0 Å². The van der Waals surface area contributed by atoms with Crippen LogP contribution >= 0.6 is 7.82 Å². The van der Waals surface area contributed by atoms with E-state index in [-0.39, 0.29) is 17.1 Å². The van der Waals surface area contributed by atoms with Crippen molar-refractivity contribution in [2.75, 3.05) is 11.9 Å². The van der Waals surface area contributed by atoms with Crippen LogP contribution in [-0.2, 0) is 13.8 Å². The summed E-state index contributed by atoms with van der Waals surface area (Å²) in [5.74, 6) is -0.150. The molecule has 3 heterocycles. The van der Waals surface area contributed by atoms with E-state index in [9.17, 15) is 34.9 Å². The number of phosphoric ester groups is 1. The second-order valence-electron chi connectivity index (χ2n) is 11.5. The third kappa shape index (κ3) is 5.00. The van der Waals surface area contributed by atoms with Gasteiger partial charge in [-0.05, 0) is 45.2 Å². The molecule has 17 heteroatoms. The third-order valence-electron chi connectivity index (χ3n) is 8.68. The van der Waals surface area contributed by atoms with Crippen LogP contribution in [0.5, 0.6) is 0 Å². The topological polar surface area (TPSA) is 253 Å². The molecule has 3 aromatic carbocycles. The molecule has 242 valence electrons. The van der Waals surface area contributed by atoms with E-state index >= 15 is 0 Å². The standard InChI is InChI=1S/C29H30N5O11P/c1-11-8-12-4-2-3-5-13(12)14-6-7-15-18(17(11)14)19(23(37)24(38)21(15)35)31-29-32-26-20(27(40)33-29)30-10-34(26)28-25(39)22(36)16(45-28)9-44-46(41,42)43/h2-8,10,16,19,21-25,28,35-39H,9H2,1H3,(H2,41,42,43)(H2,31,32,33,40)/t16-,19+,21-,22-,23-,24+,25-,28-/m1/s1. The summed E-state index contributed by atoms with van der Waals surface area (Å²) in [5.41, 5.74) is 0.796. The van der Waals surface area contributed by atoms with Gasteiger partial charge in [-0.2, -0.15) is 4.98 Å². The highest BCUT2D eigenvalue weighted by Crippen LogP contribution is 2.45. The first-order chi connectivity index (χ1) is 21.8. The number of hydrogen-bond donors (Lipinski definition) is 9. The number of imidazole rings is 1. The summed E-state index contributed by atoms with van der Waals surface area (Å²) in [6.07, 6.45) is -9.31. The molecule has 5 aromatic rings. The molecule has 1 aliphatic heterocycles. The Morgan fingerprint density at radius 3 is 2.54 bits per heavy atom. The van der Waals surface area contributed by atoms with Crippen LogP contribution in [0.25, 0.3) is 32.7 Å². The molecular formula is C29H30N5O11P. The Bertz CT molecular complexity index is 2100. The summed E-state index contributed by atoms with van der Waals surface area (Å²) in [6, 6.07) is 12.3. The first-order valence-electron chi connectivity index (χ1n) is 14.3. The van der Waals surface area contributed by atoms with Gasteiger partial charge in [0.05, 0.1) is 19.0 Å². The number of rotatable bonds is 6. The molecule has 0 radical (unpaired) electrons. The number of aromatic nitrogens is 4. The fraction of sp³-hybridized carbons (Fsp3) is 0.345. The first-order valence-corrected chi connectivity index (χ1v) is 15.8. The zero-order valence-corrected chi connectivity index (χ0v) is 24.9. The third-order valence-corrected chi connectivity index (χ3v) is 9.17. The summed E-state index contributed by atoms with van der Waals surface area (Å²) in [4.78, 5) is 42.2. The molecule has 8 atom stereocenters. The van der Waals surface area contributed by atoms with E-state index in [0.717, 1.165) is 33.4 Å². The maximum absolute atomic E-state index is 13.1. The molecule has 2 aliphatic rings. The number of H-pyrrole nitrogens is 1. The lowest BCUT2D eigenvalue weighted by Gasteiger charge is -2.38. The predicted molar refractivity (Wildman–Crippen MR) is 162 cm³/mol. The Labute approximate surface area is 258 Å². The van der Waals surface area contributed by atoms with Gasteiger partial charge in [-0.1, -0.05) is 42.5 Å². The highest BCUT2D eigenvalue weighted by Gasteiger charge is 2.46. The molecule has 0 saturated carbocycles. The van der Waals surface area contributed by atoms with Crippen molar-refractivity contribution in [2.45, 2.75) is 55.8 Å². The van der Waals surface area contributed by atoms with E-state index in [4.69, 9.17) is 14.5 Å². The molecule has 9 N–H and O–H groups in total. The van der Waals surface area contributed by atoms with E-state index in [1.807, 2.05) is 43.3 Å². The first kappa shape index (κ1) is 30.8. The monoisotopic (exact) mass is 655 g/mol. The molecule has 1 aliphatic carbocycles. The largest absolute Gasteiger partial charge is 0.469 e. The van der Waals surface area contributed by atoms with Crippen molar-refractivity contribution >= 4 is 46.5 Å². The minimum absolute atomic E-state index is 0.0924. The molecule has 0 spiro atoms. The van der Waals surface area contributed by atoms with Crippen molar-refractivity contribution in [1.82, 2.24) is 19.5 Å². The molecule has 46 heavy (non-hydrogen) atoms. The Kier molecular flexibility index (Phi) is 7.49. The lowest BCUT2D eigenvalue weighted by Crippen LogP contribution is -2.45. The average molecular weight is 656 g/mol. The minimum atomic E-state index is -4.89. The van der Waals surface area contributed by atoms with E-state index in [1.54, 1.807) is 6.07 Å². The number of nitrogens with one attached hydrogen (secondary N) is 2. The van der Waals surface area contributed by atoms with E-state index in [1.165, 1.54) is 4.57 Å². The molecular weight excluding hydrogens is 625 g/mol. The molecule has 7 rings (SSSR count). The number of ether oxygens (including phenoxy) is 1. The van der Waals surface area contributed by atoms with Crippen LogP contribution in [0.4, 0.5) is 5.95 Å². The van der Waals surface area contributed by atoms with Crippen LogP contribution in [0.2, 0.25) is 0 Å². The number of fused-ring (bicyclic) bond motifs is 6. The lowest BCUT2D eigenvalue weighted by atomic mass is 9.77. The van der Waals surface area contributed by atoms with Gasteiger partial charge in [0.2, 0.25) is 5.95 Å². The van der Waals surface area contributed by atoms with Crippen LogP contribution in [0.3, 0.4) is 0 Å². The summed E-state index contributed by atoms with van der Waals surface area (Å²) in [5, 5.41) is 60.8. The lowest BCUT2D eigenvalue weighted by molar-refractivity contribution is -0.0767. The van der Waals surface area contributed by atoms with Gasteiger partial charge in [0.25, 0.3) is 5.56 Å². The van der Waals surface area contributed by atoms with Gasteiger partial charge < -0.3 is 45.4 Å². The zero-order valence-electron chi connectivity index (χ0n) is 24.0. The fourth-order valence-electron chi connectivity index (χ4n) is 6.54. The average Bonchev–Trinajstić information content (AvgIpc) is 3.56. The molecule has 0 bridgehead atoms. The van der Waals surface area contributed by atoms with Gasteiger partial charge >= 0.3 is 7.82 Å². The maximum Gasteiger partial charge on any atom is 0.469 e. The highest BCUT2D eigenvalue weighted by atomic mass is 31.2. The minimum Gasteiger partial charge on any atom is -0.388 e. The van der Waals surface area contributed by atoms with Crippen LogP contribution in [0.1, 0.15) is 35.1 Å². The Morgan fingerprint density at radius 2 is 1.78 bits per heavy atom. The van der Waals surface area contributed by atoms with Crippen LogP contribution in [0, 0.1) is 6.92 Å². The molecule has 1 saturated heterocycles. The number of aliphatic hydroxyl groups is 5. The van der Waals surface area contributed by atoms with E-state index in [0.29, 0.717) is 11.1 Å². The van der Waals surface area contributed by atoms with Gasteiger partial charge in [-0.25, -0.2) is 9.55 Å². The number of aliphatic hydroxyl groups excluding tert-OH is 5. The van der Waals surface area contributed by atoms with Gasteiger partial charge in [-0.3, -0.25) is 18.9 Å². The van der Waals surface area contributed by atoms with Crippen molar-refractivity contribution in [3.8, 4) is 0 Å². The van der Waals surface area contributed by atoms with Gasteiger partial charge in [-0.15, -0.1) is 0 Å². The summed E-state index contributed by atoms with van der Waals surface area (Å²) in [7, 11) is -4.89. The van der Waals surface area contributed by atoms with Crippen molar-refractivity contribution in [3.05, 3.63) is 75.8 Å². The van der Waals surface area contributed by atoms with E-state index < -0.39 is 68.9 Å². The number of aromatic amines is 1. The quantitative estimate of drug-likeness (QED) is 0.0886. The SMILES string of the molecule is Cc1cc2ccccc2c2ccc3c(c12)[C@H](Nc1nc2c(ncn2[C@@H]2O[C@H](COP(=O)(O)O)[C@@H](O)[C@H]2O)c(=O)[nH]1)[C@@H](O)[C@@H](O)[C@@H]3O. The number of anilines is 1. The Hall–Kier alpha value is -3.80.